The van der Waals surface area contributed by atoms with E-state index in [4.69, 9.17) is 4.74 Å². The van der Waals surface area contributed by atoms with Crippen molar-refractivity contribution in [2.45, 2.75) is 130 Å². The summed E-state index contributed by atoms with van der Waals surface area (Å²) in [7, 11) is 0. The summed E-state index contributed by atoms with van der Waals surface area (Å²) < 4.78 is 6.61. The normalized spacial score (nSPS) is 53.6. The fourth-order valence-corrected chi connectivity index (χ4v) is 10.4. The Hall–Kier alpha value is -0.750. The number of hydrogen-bond acceptors (Lipinski definition) is 5. The molecule has 1 saturated heterocycles. The van der Waals surface area contributed by atoms with Gasteiger partial charge in [0.15, 0.2) is 0 Å². The third kappa shape index (κ3) is 3.23. The summed E-state index contributed by atoms with van der Waals surface area (Å²) in [5.74, 6) is 0.333. The molecule has 5 rings (SSSR count). The number of Topliss-reactive ketones (excluding diaryl/α,β-unsaturated/α-hetero) is 1. The lowest BCUT2D eigenvalue weighted by atomic mass is 9.40. The predicted molar refractivity (Wildman–Crippen MR) is 136 cm³/mol. The van der Waals surface area contributed by atoms with Gasteiger partial charge in [-0.2, -0.15) is 0 Å². The van der Waals surface area contributed by atoms with Gasteiger partial charge < -0.3 is 20.1 Å². The van der Waals surface area contributed by atoms with Crippen molar-refractivity contribution in [3.8, 4) is 0 Å². The van der Waals surface area contributed by atoms with Gasteiger partial charge >= 0.3 is 0 Å². The second-order valence-corrected chi connectivity index (χ2v) is 15.0. The molecule has 1 heterocycles. The molecule has 10 atom stereocenters. The van der Waals surface area contributed by atoms with Crippen molar-refractivity contribution in [1.29, 1.82) is 0 Å². The number of ether oxygens (including phenoxy) is 1. The first-order chi connectivity index (χ1) is 15.9. The van der Waals surface area contributed by atoms with Crippen molar-refractivity contribution in [3.63, 3.8) is 0 Å². The average Bonchev–Trinajstić information content (AvgIpc) is 3.20. The van der Waals surface area contributed by atoms with Crippen molar-refractivity contribution in [3.05, 3.63) is 11.6 Å². The maximum Gasteiger partial charge on any atom is 0.138 e. The summed E-state index contributed by atoms with van der Waals surface area (Å²) >= 11 is 0. The van der Waals surface area contributed by atoms with E-state index in [-0.39, 0.29) is 45.9 Å². The molecule has 4 aliphatic carbocycles. The van der Waals surface area contributed by atoms with Crippen LogP contribution in [0.4, 0.5) is 0 Å². The maximum atomic E-state index is 12.9. The molecule has 5 aliphatic rings. The lowest BCUT2D eigenvalue weighted by molar-refractivity contribution is -0.178. The second kappa shape index (κ2) is 7.42. The summed E-state index contributed by atoms with van der Waals surface area (Å²) in [6, 6.07) is 0. The molecule has 1 aliphatic heterocycles. The minimum absolute atomic E-state index is 0.0443. The maximum absolute atomic E-state index is 12.9. The number of hydrogen-bond donors (Lipinski definition) is 3. The molecule has 0 amide bonds. The topological polar surface area (TPSA) is 87.0 Å². The summed E-state index contributed by atoms with van der Waals surface area (Å²) in [5, 5.41) is 33.9. The third-order valence-electron chi connectivity index (χ3n) is 12.2. The second-order valence-electron chi connectivity index (χ2n) is 15.0. The van der Waals surface area contributed by atoms with Crippen molar-refractivity contribution in [2.75, 3.05) is 0 Å². The molecular weight excluding hydrogens is 440 g/mol. The van der Waals surface area contributed by atoms with Crippen LogP contribution in [0, 0.1) is 39.4 Å². The molecule has 0 aromatic rings. The SMILES string of the molecule is CC1(C)C(=O)CC[C@]2(C)C3=CC[C@]4(C)[C@@H]([C@@]5(C)CC[C@@H](C(C)(C)O)O5)[C@@H](O)C[C@@]4(C)C3C[C@H](O)C12. The predicted octanol–water partition coefficient (Wildman–Crippen LogP) is 4.81. The van der Waals surface area contributed by atoms with E-state index >= 15 is 0 Å². The van der Waals surface area contributed by atoms with E-state index in [2.05, 4.69) is 33.8 Å². The Kier molecular flexibility index (Phi) is 5.49. The minimum Gasteiger partial charge on any atom is -0.393 e. The van der Waals surface area contributed by atoms with Crippen molar-refractivity contribution in [1.82, 2.24) is 0 Å². The quantitative estimate of drug-likeness (QED) is 0.486. The molecule has 3 saturated carbocycles. The van der Waals surface area contributed by atoms with Gasteiger partial charge in [-0.3, -0.25) is 4.79 Å². The molecule has 0 spiro atoms. The summed E-state index contributed by atoms with van der Waals surface area (Å²) in [6.07, 6.45) is 6.39. The van der Waals surface area contributed by atoms with E-state index in [9.17, 15) is 20.1 Å². The highest BCUT2D eigenvalue weighted by molar-refractivity contribution is 5.86. The molecule has 0 radical (unpaired) electrons. The molecule has 35 heavy (non-hydrogen) atoms. The molecule has 5 heteroatoms. The smallest absolute Gasteiger partial charge is 0.138 e. The van der Waals surface area contributed by atoms with E-state index in [0.29, 0.717) is 19.3 Å². The van der Waals surface area contributed by atoms with Crippen LogP contribution in [0.1, 0.15) is 100 Å². The number of allylic oxidation sites excluding steroid dienone is 2. The number of carbonyl (C=O) groups is 1. The Balaban J connectivity index is 1.55. The lowest BCUT2D eigenvalue weighted by Gasteiger charge is -2.64. The van der Waals surface area contributed by atoms with Gasteiger partial charge in [-0.15, -0.1) is 0 Å². The Morgan fingerprint density at radius 1 is 0.971 bits per heavy atom. The fraction of sp³-hybridized carbons (Fsp3) is 0.900. The molecule has 4 fully saturated rings. The van der Waals surface area contributed by atoms with Gasteiger partial charge in [0.1, 0.15) is 5.78 Å². The number of ketones is 1. The molecule has 5 nitrogen and oxygen atoms in total. The number of carbonyl (C=O) groups excluding carboxylic acids is 1. The van der Waals surface area contributed by atoms with Gasteiger partial charge in [0.05, 0.1) is 29.5 Å². The van der Waals surface area contributed by atoms with Crippen LogP contribution in [0.25, 0.3) is 0 Å². The van der Waals surface area contributed by atoms with Gasteiger partial charge in [0.2, 0.25) is 0 Å². The molecule has 0 aromatic heterocycles. The van der Waals surface area contributed by atoms with Crippen LogP contribution >= 0.6 is 0 Å². The molecule has 0 bridgehead atoms. The Bertz CT molecular complexity index is 947. The zero-order valence-corrected chi connectivity index (χ0v) is 23.1. The average molecular weight is 489 g/mol. The standard InChI is InChI=1S/C30H48O5/c1-25(2)21(33)10-12-27(5)17-9-13-28(6)24(30(8)14-11-22(35-30)26(3,4)34)20(32)16-29(28,7)18(17)15-19(31)23(25)27/h9,18-20,22-24,31-32,34H,10-16H2,1-8H3/t18?,19-,20-,22-,23?,24-,27+,28+,29-,30+/m0/s1. The summed E-state index contributed by atoms with van der Waals surface area (Å²) in [6.45, 7) is 16.8. The van der Waals surface area contributed by atoms with E-state index < -0.39 is 28.8 Å². The van der Waals surface area contributed by atoms with Crippen LogP contribution in [0.5, 0.6) is 0 Å². The van der Waals surface area contributed by atoms with E-state index in [0.717, 1.165) is 25.7 Å². The van der Waals surface area contributed by atoms with Crippen LogP contribution < -0.4 is 0 Å². The molecular formula is C30H48O5. The van der Waals surface area contributed by atoms with Gasteiger partial charge in [-0.1, -0.05) is 46.3 Å². The summed E-state index contributed by atoms with van der Waals surface area (Å²) in [4.78, 5) is 12.9. The minimum atomic E-state index is -0.909. The van der Waals surface area contributed by atoms with Gasteiger partial charge in [0, 0.05) is 23.7 Å². The first-order valence-electron chi connectivity index (χ1n) is 13.9. The van der Waals surface area contributed by atoms with Crippen molar-refractivity contribution >= 4 is 5.78 Å². The highest BCUT2D eigenvalue weighted by Gasteiger charge is 2.71. The van der Waals surface area contributed by atoms with E-state index in [1.165, 1.54) is 5.57 Å². The molecule has 0 aromatic carbocycles. The Morgan fingerprint density at radius 2 is 1.63 bits per heavy atom. The van der Waals surface area contributed by atoms with Crippen LogP contribution in [-0.4, -0.2) is 50.6 Å². The van der Waals surface area contributed by atoms with Crippen molar-refractivity contribution in [2.24, 2.45) is 39.4 Å². The lowest BCUT2D eigenvalue weighted by Crippen LogP contribution is -2.61. The Morgan fingerprint density at radius 3 is 2.23 bits per heavy atom. The molecule has 198 valence electrons. The highest BCUT2D eigenvalue weighted by atomic mass is 16.5. The number of fused-ring (bicyclic) bond motifs is 5. The molecule has 2 unspecified atom stereocenters. The largest absolute Gasteiger partial charge is 0.393 e. The zero-order chi connectivity index (χ0) is 26.0. The monoisotopic (exact) mass is 488 g/mol. The zero-order valence-electron chi connectivity index (χ0n) is 23.1. The number of rotatable bonds is 2. The van der Waals surface area contributed by atoms with Crippen LogP contribution in [0.2, 0.25) is 0 Å². The van der Waals surface area contributed by atoms with Crippen LogP contribution in [-0.2, 0) is 9.53 Å². The van der Waals surface area contributed by atoms with Gasteiger partial charge in [-0.05, 0) is 81.5 Å². The van der Waals surface area contributed by atoms with Crippen LogP contribution in [0.3, 0.4) is 0 Å². The first-order valence-corrected chi connectivity index (χ1v) is 13.9. The number of aliphatic hydroxyl groups is 3. The third-order valence-corrected chi connectivity index (χ3v) is 12.2. The Labute approximate surface area is 211 Å². The van der Waals surface area contributed by atoms with Gasteiger partial charge in [-0.25, -0.2) is 0 Å². The highest BCUT2D eigenvalue weighted by Crippen LogP contribution is 2.73. The van der Waals surface area contributed by atoms with Crippen LogP contribution in [0.15, 0.2) is 11.6 Å². The van der Waals surface area contributed by atoms with Crippen molar-refractivity contribution < 1.29 is 24.9 Å². The first kappa shape index (κ1) is 25.9. The summed E-state index contributed by atoms with van der Waals surface area (Å²) in [5.41, 5.74) is -1.09. The van der Waals surface area contributed by atoms with E-state index in [1.807, 2.05) is 27.7 Å². The van der Waals surface area contributed by atoms with E-state index in [1.54, 1.807) is 0 Å². The number of aliphatic hydroxyl groups excluding tert-OH is 2. The van der Waals surface area contributed by atoms with Gasteiger partial charge in [0.25, 0.3) is 0 Å². The fourth-order valence-electron chi connectivity index (χ4n) is 10.4. The molecule has 3 N–H and O–H groups in total.